The number of pyridine rings is 1. The van der Waals surface area contributed by atoms with Crippen LogP contribution in [0.15, 0.2) is 42.6 Å². The second-order valence-electron chi connectivity index (χ2n) is 5.81. The molecule has 0 aliphatic carbocycles. The molecule has 1 saturated heterocycles. The summed E-state index contributed by atoms with van der Waals surface area (Å²) in [5, 5.41) is 3.89. The zero-order chi connectivity index (χ0) is 17.6. The lowest BCUT2D eigenvalue weighted by Gasteiger charge is -2.32. The van der Waals surface area contributed by atoms with E-state index in [-0.39, 0.29) is 5.91 Å². The van der Waals surface area contributed by atoms with Crippen molar-refractivity contribution in [1.82, 2.24) is 14.8 Å². The van der Waals surface area contributed by atoms with Crippen LogP contribution in [0.1, 0.15) is 15.9 Å². The highest BCUT2D eigenvalue weighted by atomic mass is 35.5. The number of hydrogen-bond acceptors (Lipinski definition) is 4. The second-order valence-corrected chi connectivity index (χ2v) is 6.22. The number of nitrogens with zero attached hydrogens (tertiary/aromatic N) is 3. The summed E-state index contributed by atoms with van der Waals surface area (Å²) in [4.78, 5) is 31.1. The van der Waals surface area contributed by atoms with Crippen molar-refractivity contribution in [2.24, 2.45) is 0 Å². The molecule has 0 radical (unpaired) electrons. The van der Waals surface area contributed by atoms with Crippen LogP contribution in [0.2, 0.25) is 5.02 Å². The van der Waals surface area contributed by atoms with E-state index in [1.165, 1.54) is 0 Å². The second kappa shape index (κ2) is 7.98. The van der Waals surface area contributed by atoms with Crippen LogP contribution >= 0.6 is 11.6 Å². The number of amides is 2. The average molecular weight is 359 g/mol. The van der Waals surface area contributed by atoms with Crippen molar-refractivity contribution >= 4 is 29.7 Å². The van der Waals surface area contributed by atoms with Crippen molar-refractivity contribution in [2.75, 3.05) is 31.5 Å². The minimum Gasteiger partial charge on any atom is -0.366 e. The molecule has 1 aromatic heterocycles. The Morgan fingerprint density at radius 2 is 1.96 bits per heavy atom. The van der Waals surface area contributed by atoms with Gasteiger partial charge in [0.2, 0.25) is 6.41 Å². The zero-order valence-electron chi connectivity index (χ0n) is 13.7. The van der Waals surface area contributed by atoms with Crippen molar-refractivity contribution in [3.8, 4) is 0 Å². The van der Waals surface area contributed by atoms with Gasteiger partial charge in [-0.2, -0.15) is 0 Å². The molecule has 0 atom stereocenters. The normalized spacial score (nSPS) is 14.3. The number of carbonyl (C=O) groups excluding carboxylic acids is 2. The number of aromatic nitrogens is 1. The minimum absolute atomic E-state index is 0.0475. The number of benzene rings is 1. The maximum absolute atomic E-state index is 12.6. The molecular weight excluding hydrogens is 340 g/mol. The summed E-state index contributed by atoms with van der Waals surface area (Å²) < 4.78 is 0. The molecule has 0 saturated carbocycles. The van der Waals surface area contributed by atoms with Crippen molar-refractivity contribution < 1.29 is 9.59 Å². The summed E-state index contributed by atoms with van der Waals surface area (Å²) in [6.45, 7) is 2.75. The molecule has 130 valence electrons. The highest BCUT2D eigenvalue weighted by molar-refractivity contribution is 6.31. The molecule has 1 aromatic carbocycles. The topological polar surface area (TPSA) is 65.5 Å². The summed E-state index contributed by atoms with van der Waals surface area (Å²) in [6.07, 6.45) is 2.44. The molecule has 3 rings (SSSR count). The number of halogens is 1. The van der Waals surface area contributed by atoms with Gasteiger partial charge in [-0.25, -0.2) is 4.98 Å². The third-order valence-electron chi connectivity index (χ3n) is 4.18. The van der Waals surface area contributed by atoms with E-state index in [0.717, 1.165) is 12.0 Å². The Bertz CT molecular complexity index is 760. The van der Waals surface area contributed by atoms with Gasteiger partial charge in [0.25, 0.3) is 5.91 Å². The standard InChI is InChI=1S/C18H19ClN4O2/c19-16-4-2-1-3-15(16)12-21-17-11-14(5-6-20-17)18(25)23-9-7-22(13-24)8-10-23/h1-6,11,13H,7-10,12H2,(H,20,21). The molecule has 6 nitrogen and oxygen atoms in total. The number of nitrogens with one attached hydrogen (secondary N) is 1. The van der Waals surface area contributed by atoms with Crippen molar-refractivity contribution in [3.05, 3.63) is 58.7 Å². The molecule has 2 aromatic rings. The smallest absolute Gasteiger partial charge is 0.254 e. The first kappa shape index (κ1) is 17.2. The number of carbonyl (C=O) groups is 2. The van der Waals surface area contributed by atoms with Crippen LogP contribution < -0.4 is 5.32 Å². The van der Waals surface area contributed by atoms with Gasteiger partial charge in [-0.3, -0.25) is 9.59 Å². The fraction of sp³-hybridized carbons (Fsp3) is 0.278. The first-order valence-electron chi connectivity index (χ1n) is 8.09. The minimum atomic E-state index is -0.0475. The lowest BCUT2D eigenvalue weighted by molar-refractivity contribution is -0.119. The highest BCUT2D eigenvalue weighted by Crippen LogP contribution is 2.17. The molecule has 1 N–H and O–H groups in total. The summed E-state index contributed by atoms with van der Waals surface area (Å²) >= 11 is 6.15. The van der Waals surface area contributed by atoms with E-state index in [9.17, 15) is 9.59 Å². The van der Waals surface area contributed by atoms with E-state index in [4.69, 9.17) is 11.6 Å². The summed E-state index contributed by atoms with van der Waals surface area (Å²) in [5.74, 6) is 0.575. The summed E-state index contributed by atoms with van der Waals surface area (Å²) in [5.41, 5.74) is 1.55. The van der Waals surface area contributed by atoms with Crippen LogP contribution in [0, 0.1) is 0 Å². The maximum atomic E-state index is 12.6. The molecule has 1 aliphatic rings. The number of hydrogen-bond donors (Lipinski definition) is 1. The SMILES string of the molecule is O=CN1CCN(C(=O)c2ccnc(NCc3ccccc3Cl)c2)CC1. The van der Waals surface area contributed by atoms with Crippen LogP contribution in [-0.4, -0.2) is 53.3 Å². The van der Waals surface area contributed by atoms with Gasteiger partial charge in [0.1, 0.15) is 5.82 Å². The van der Waals surface area contributed by atoms with E-state index < -0.39 is 0 Å². The van der Waals surface area contributed by atoms with E-state index in [1.54, 1.807) is 28.1 Å². The zero-order valence-corrected chi connectivity index (χ0v) is 14.4. The van der Waals surface area contributed by atoms with Crippen LogP contribution in [0.5, 0.6) is 0 Å². The lowest BCUT2D eigenvalue weighted by Crippen LogP contribution is -2.48. The number of rotatable bonds is 5. The quantitative estimate of drug-likeness (QED) is 0.833. The molecule has 1 fully saturated rings. The van der Waals surface area contributed by atoms with E-state index in [2.05, 4.69) is 10.3 Å². The van der Waals surface area contributed by atoms with E-state index in [0.29, 0.717) is 49.1 Å². The fourth-order valence-electron chi connectivity index (χ4n) is 2.70. The van der Waals surface area contributed by atoms with Gasteiger partial charge in [-0.1, -0.05) is 29.8 Å². The van der Waals surface area contributed by atoms with Gasteiger partial charge in [0.05, 0.1) is 0 Å². The van der Waals surface area contributed by atoms with Crippen molar-refractivity contribution in [3.63, 3.8) is 0 Å². The Labute approximate surface area is 151 Å². The van der Waals surface area contributed by atoms with Crippen LogP contribution in [-0.2, 0) is 11.3 Å². The molecular formula is C18H19ClN4O2. The van der Waals surface area contributed by atoms with Gasteiger partial charge in [-0.15, -0.1) is 0 Å². The Balaban J connectivity index is 1.64. The van der Waals surface area contributed by atoms with Gasteiger partial charge in [0, 0.05) is 49.5 Å². The van der Waals surface area contributed by atoms with E-state index >= 15 is 0 Å². The van der Waals surface area contributed by atoms with Gasteiger partial charge >= 0.3 is 0 Å². The van der Waals surface area contributed by atoms with Crippen molar-refractivity contribution in [2.45, 2.75) is 6.54 Å². The number of piperazine rings is 1. The third kappa shape index (κ3) is 4.28. The molecule has 2 amide bonds. The number of anilines is 1. The fourth-order valence-corrected chi connectivity index (χ4v) is 2.90. The molecule has 0 spiro atoms. The Kier molecular flexibility index (Phi) is 5.50. The van der Waals surface area contributed by atoms with Crippen molar-refractivity contribution in [1.29, 1.82) is 0 Å². The van der Waals surface area contributed by atoms with E-state index in [1.807, 2.05) is 24.3 Å². The Morgan fingerprint density at radius 3 is 2.68 bits per heavy atom. The van der Waals surface area contributed by atoms with Crippen LogP contribution in [0.3, 0.4) is 0 Å². The Morgan fingerprint density at radius 1 is 1.20 bits per heavy atom. The monoisotopic (exact) mass is 358 g/mol. The average Bonchev–Trinajstić information content (AvgIpc) is 2.67. The lowest BCUT2D eigenvalue weighted by atomic mass is 10.2. The first-order valence-corrected chi connectivity index (χ1v) is 8.47. The maximum Gasteiger partial charge on any atom is 0.254 e. The van der Waals surface area contributed by atoms with Gasteiger partial charge < -0.3 is 15.1 Å². The largest absolute Gasteiger partial charge is 0.366 e. The molecule has 0 unspecified atom stereocenters. The van der Waals surface area contributed by atoms with Crippen LogP contribution in [0.4, 0.5) is 5.82 Å². The first-order chi connectivity index (χ1) is 12.2. The Hall–Kier alpha value is -2.60. The molecule has 0 bridgehead atoms. The predicted molar refractivity (Wildman–Crippen MR) is 96.6 cm³/mol. The predicted octanol–water partition coefficient (Wildman–Crippen LogP) is 2.26. The molecule has 7 heteroatoms. The van der Waals surface area contributed by atoms with Crippen LogP contribution in [0.25, 0.3) is 0 Å². The highest BCUT2D eigenvalue weighted by Gasteiger charge is 2.21. The molecule has 2 heterocycles. The van der Waals surface area contributed by atoms with Gasteiger partial charge in [0.15, 0.2) is 0 Å². The van der Waals surface area contributed by atoms with Gasteiger partial charge in [-0.05, 0) is 23.8 Å². The summed E-state index contributed by atoms with van der Waals surface area (Å²) in [7, 11) is 0. The molecule has 25 heavy (non-hydrogen) atoms. The summed E-state index contributed by atoms with van der Waals surface area (Å²) in [6, 6.07) is 11.0. The third-order valence-corrected chi connectivity index (χ3v) is 4.54. The molecule has 1 aliphatic heterocycles.